The van der Waals surface area contributed by atoms with Crippen molar-refractivity contribution < 1.29 is 5.11 Å². The van der Waals surface area contributed by atoms with Gasteiger partial charge in [0.25, 0.3) is 0 Å². The van der Waals surface area contributed by atoms with Crippen molar-refractivity contribution in [2.75, 3.05) is 6.61 Å². The highest BCUT2D eigenvalue weighted by Gasteiger charge is 2.44. The Balaban J connectivity index is 2.30. The number of aliphatic hydroxyl groups excluding tert-OH is 1. The third kappa shape index (κ3) is 2.07. The summed E-state index contributed by atoms with van der Waals surface area (Å²) in [7, 11) is 0. The molecule has 2 rings (SSSR count). The van der Waals surface area contributed by atoms with Gasteiger partial charge in [-0.05, 0) is 36.3 Å². The Morgan fingerprint density at radius 1 is 1.27 bits per heavy atom. The van der Waals surface area contributed by atoms with Gasteiger partial charge in [0, 0.05) is 5.41 Å². The van der Waals surface area contributed by atoms with Crippen LogP contribution in [0.3, 0.4) is 0 Å². The maximum atomic E-state index is 9.47. The van der Waals surface area contributed by atoms with Crippen LogP contribution in [-0.2, 0) is 11.8 Å². The molecule has 0 aliphatic heterocycles. The SMILES string of the molecule is CC(C)Cc1ccccc1C1(CO)CC1. The zero-order chi connectivity index (χ0) is 10.9. The maximum Gasteiger partial charge on any atom is 0.0528 e. The second-order valence-corrected chi connectivity index (χ2v) is 5.19. The topological polar surface area (TPSA) is 20.2 Å². The molecule has 0 bridgehead atoms. The molecule has 0 heterocycles. The van der Waals surface area contributed by atoms with Gasteiger partial charge in [-0.25, -0.2) is 0 Å². The Morgan fingerprint density at radius 3 is 2.47 bits per heavy atom. The van der Waals surface area contributed by atoms with Crippen LogP contribution < -0.4 is 0 Å². The standard InChI is InChI=1S/C14H20O/c1-11(2)9-12-5-3-4-6-13(12)14(10-15)7-8-14/h3-6,11,15H,7-10H2,1-2H3. The molecule has 1 aliphatic rings. The third-order valence-corrected chi connectivity index (χ3v) is 3.37. The Kier molecular flexibility index (Phi) is 2.83. The monoisotopic (exact) mass is 204 g/mol. The second-order valence-electron chi connectivity index (χ2n) is 5.19. The van der Waals surface area contributed by atoms with E-state index in [4.69, 9.17) is 0 Å². The molecule has 0 aromatic heterocycles. The van der Waals surface area contributed by atoms with E-state index in [0.717, 1.165) is 19.3 Å². The van der Waals surface area contributed by atoms with Crippen molar-refractivity contribution in [2.24, 2.45) is 5.92 Å². The number of rotatable bonds is 4. The Bertz CT molecular complexity index is 337. The molecular formula is C14H20O. The van der Waals surface area contributed by atoms with Crippen LogP contribution in [0.5, 0.6) is 0 Å². The van der Waals surface area contributed by atoms with Crippen LogP contribution in [0, 0.1) is 5.92 Å². The van der Waals surface area contributed by atoms with Crippen LogP contribution in [0.2, 0.25) is 0 Å². The van der Waals surface area contributed by atoms with Gasteiger partial charge in [-0.3, -0.25) is 0 Å². The molecule has 0 spiro atoms. The first-order valence-electron chi connectivity index (χ1n) is 5.87. The molecule has 1 N–H and O–H groups in total. The molecule has 15 heavy (non-hydrogen) atoms. The van der Waals surface area contributed by atoms with Gasteiger partial charge >= 0.3 is 0 Å². The van der Waals surface area contributed by atoms with Gasteiger partial charge in [-0.1, -0.05) is 38.1 Å². The Labute approximate surface area is 92.1 Å². The highest BCUT2D eigenvalue weighted by molar-refractivity contribution is 5.38. The van der Waals surface area contributed by atoms with E-state index >= 15 is 0 Å². The molecule has 1 aromatic rings. The van der Waals surface area contributed by atoms with E-state index in [-0.39, 0.29) is 5.41 Å². The number of hydrogen-bond acceptors (Lipinski definition) is 1. The number of aliphatic hydroxyl groups is 1. The average Bonchev–Trinajstić information content (AvgIpc) is 2.98. The van der Waals surface area contributed by atoms with Gasteiger partial charge in [0.15, 0.2) is 0 Å². The summed E-state index contributed by atoms with van der Waals surface area (Å²) in [6.07, 6.45) is 3.43. The Hall–Kier alpha value is -0.820. The van der Waals surface area contributed by atoms with Crippen molar-refractivity contribution in [3.05, 3.63) is 35.4 Å². The predicted octanol–water partition coefficient (Wildman–Crippen LogP) is 2.91. The van der Waals surface area contributed by atoms with Crippen LogP contribution in [0.25, 0.3) is 0 Å². The van der Waals surface area contributed by atoms with Crippen molar-refractivity contribution in [3.8, 4) is 0 Å². The van der Waals surface area contributed by atoms with Crippen LogP contribution in [0.15, 0.2) is 24.3 Å². The first-order chi connectivity index (χ1) is 7.18. The summed E-state index contributed by atoms with van der Waals surface area (Å²) in [6, 6.07) is 8.61. The predicted molar refractivity (Wildman–Crippen MR) is 63.0 cm³/mol. The summed E-state index contributed by atoms with van der Waals surface area (Å²) in [5.41, 5.74) is 2.94. The fourth-order valence-electron chi connectivity index (χ4n) is 2.32. The second kappa shape index (κ2) is 3.97. The van der Waals surface area contributed by atoms with Crippen LogP contribution in [0.4, 0.5) is 0 Å². The van der Waals surface area contributed by atoms with Crippen molar-refractivity contribution >= 4 is 0 Å². The molecule has 1 heteroatoms. The highest BCUT2D eigenvalue weighted by Crippen LogP contribution is 2.49. The summed E-state index contributed by atoms with van der Waals surface area (Å²) in [6.45, 7) is 4.80. The summed E-state index contributed by atoms with van der Waals surface area (Å²) in [5.74, 6) is 0.681. The lowest BCUT2D eigenvalue weighted by atomic mass is 9.88. The first-order valence-corrected chi connectivity index (χ1v) is 5.87. The molecule has 1 aromatic carbocycles. The molecule has 0 radical (unpaired) electrons. The van der Waals surface area contributed by atoms with Gasteiger partial charge in [0.2, 0.25) is 0 Å². The summed E-state index contributed by atoms with van der Waals surface area (Å²) >= 11 is 0. The van der Waals surface area contributed by atoms with Crippen molar-refractivity contribution in [3.63, 3.8) is 0 Å². The molecule has 0 amide bonds. The van der Waals surface area contributed by atoms with Gasteiger partial charge in [-0.2, -0.15) is 0 Å². The lowest BCUT2D eigenvalue weighted by Gasteiger charge is -2.18. The largest absolute Gasteiger partial charge is 0.395 e. The minimum atomic E-state index is 0.117. The van der Waals surface area contributed by atoms with E-state index in [9.17, 15) is 5.11 Å². The fraction of sp³-hybridized carbons (Fsp3) is 0.571. The molecule has 82 valence electrons. The molecule has 1 saturated carbocycles. The van der Waals surface area contributed by atoms with Crippen LogP contribution in [-0.4, -0.2) is 11.7 Å². The van der Waals surface area contributed by atoms with E-state index in [1.54, 1.807) is 0 Å². The van der Waals surface area contributed by atoms with E-state index in [0.29, 0.717) is 12.5 Å². The van der Waals surface area contributed by atoms with Crippen molar-refractivity contribution in [1.82, 2.24) is 0 Å². The zero-order valence-corrected chi connectivity index (χ0v) is 9.66. The quantitative estimate of drug-likeness (QED) is 0.799. The van der Waals surface area contributed by atoms with E-state index in [2.05, 4.69) is 38.1 Å². The van der Waals surface area contributed by atoms with E-state index in [1.165, 1.54) is 11.1 Å². The van der Waals surface area contributed by atoms with Gasteiger partial charge < -0.3 is 5.11 Å². The fourth-order valence-corrected chi connectivity index (χ4v) is 2.32. The molecule has 1 nitrogen and oxygen atoms in total. The van der Waals surface area contributed by atoms with Gasteiger partial charge in [-0.15, -0.1) is 0 Å². The van der Waals surface area contributed by atoms with Crippen molar-refractivity contribution in [2.45, 2.75) is 38.5 Å². The lowest BCUT2D eigenvalue weighted by molar-refractivity contribution is 0.254. The zero-order valence-electron chi connectivity index (χ0n) is 9.66. The van der Waals surface area contributed by atoms with E-state index in [1.807, 2.05) is 0 Å². The summed E-state index contributed by atoms with van der Waals surface area (Å²) in [5, 5.41) is 9.47. The van der Waals surface area contributed by atoms with Gasteiger partial charge in [0.1, 0.15) is 0 Å². The smallest absolute Gasteiger partial charge is 0.0528 e. The molecule has 0 atom stereocenters. The molecule has 0 unspecified atom stereocenters. The van der Waals surface area contributed by atoms with Crippen LogP contribution >= 0.6 is 0 Å². The number of hydrogen-bond donors (Lipinski definition) is 1. The first kappa shape index (κ1) is 10.7. The maximum absolute atomic E-state index is 9.47. The molecule has 1 aliphatic carbocycles. The average molecular weight is 204 g/mol. The highest BCUT2D eigenvalue weighted by atomic mass is 16.3. The summed E-state index contributed by atoms with van der Waals surface area (Å²) in [4.78, 5) is 0. The third-order valence-electron chi connectivity index (χ3n) is 3.37. The lowest BCUT2D eigenvalue weighted by Crippen LogP contribution is -2.15. The van der Waals surface area contributed by atoms with E-state index < -0.39 is 0 Å². The number of benzene rings is 1. The molecule has 0 saturated heterocycles. The van der Waals surface area contributed by atoms with Gasteiger partial charge in [0.05, 0.1) is 6.61 Å². The minimum absolute atomic E-state index is 0.117. The normalized spacial score (nSPS) is 18.1. The van der Waals surface area contributed by atoms with Crippen LogP contribution in [0.1, 0.15) is 37.8 Å². The summed E-state index contributed by atoms with van der Waals surface area (Å²) < 4.78 is 0. The minimum Gasteiger partial charge on any atom is -0.395 e. The molecule has 1 fully saturated rings. The van der Waals surface area contributed by atoms with Crippen molar-refractivity contribution in [1.29, 1.82) is 0 Å². The molecular weight excluding hydrogens is 184 g/mol. The Morgan fingerprint density at radius 2 is 1.93 bits per heavy atom.